The minimum absolute atomic E-state index is 0.120. The number of esters is 2. The first kappa shape index (κ1) is 43.4. The molecule has 0 aromatic rings. The first-order valence-electron chi connectivity index (χ1n) is 19.0. The second-order valence-electron chi connectivity index (χ2n) is 12.3. The number of carbonyl (C=O) groups excluding carboxylic acids is 2. The van der Waals surface area contributed by atoms with Gasteiger partial charge in [0, 0.05) is 19.3 Å². The molecular weight excluding hydrogens is 568 g/mol. The van der Waals surface area contributed by atoms with Gasteiger partial charge in [-0.05, 0) is 57.8 Å². The number of carbonyl (C=O) groups is 2. The van der Waals surface area contributed by atoms with Gasteiger partial charge in [-0.1, -0.05) is 164 Å². The maximum Gasteiger partial charge on any atom is 0.306 e. The molecule has 4 nitrogen and oxygen atoms in total. The molecule has 46 heavy (non-hydrogen) atoms. The van der Waals surface area contributed by atoms with Gasteiger partial charge in [-0.3, -0.25) is 9.59 Å². The Hall–Kier alpha value is -2.62. The van der Waals surface area contributed by atoms with Crippen LogP contribution in [0.5, 0.6) is 0 Å². The van der Waals surface area contributed by atoms with Gasteiger partial charge in [0.05, 0.1) is 6.61 Å². The van der Waals surface area contributed by atoms with E-state index in [0.717, 1.165) is 77.0 Å². The van der Waals surface area contributed by atoms with E-state index in [1.165, 1.54) is 51.4 Å². The van der Waals surface area contributed by atoms with Crippen LogP contribution in [0.1, 0.15) is 168 Å². The van der Waals surface area contributed by atoms with Gasteiger partial charge in [0.1, 0.15) is 6.10 Å². The van der Waals surface area contributed by atoms with E-state index in [2.05, 4.69) is 93.7 Å². The molecule has 0 aromatic heterocycles. The van der Waals surface area contributed by atoms with Crippen molar-refractivity contribution in [3.05, 3.63) is 72.9 Å². The lowest BCUT2D eigenvalue weighted by Gasteiger charge is -2.17. The van der Waals surface area contributed by atoms with Crippen molar-refractivity contribution in [1.29, 1.82) is 0 Å². The average Bonchev–Trinajstić information content (AvgIpc) is 3.04. The van der Waals surface area contributed by atoms with Gasteiger partial charge in [-0.2, -0.15) is 0 Å². The molecule has 0 bridgehead atoms. The molecule has 1 unspecified atom stereocenters. The zero-order valence-electron chi connectivity index (χ0n) is 30.1. The van der Waals surface area contributed by atoms with Crippen molar-refractivity contribution in [3.63, 3.8) is 0 Å². The summed E-state index contributed by atoms with van der Waals surface area (Å²) >= 11 is 0. The van der Waals surface area contributed by atoms with Gasteiger partial charge < -0.3 is 9.47 Å². The molecule has 0 aliphatic rings. The Morgan fingerprint density at radius 2 is 0.870 bits per heavy atom. The maximum atomic E-state index is 12.4. The predicted octanol–water partition coefficient (Wildman–Crippen LogP) is 12.8. The molecule has 0 saturated carbocycles. The Morgan fingerprint density at radius 3 is 1.33 bits per heavy atom. The quantitative estimate of drug-likeness (QED) is 0.0418. The Kier molecular flexibility index (Phi) is 34.7. The Bertz CT molecular complexity index is 861. The first-order valence-corrected chi connectivity index (χ1v) is 19.0. The minimum atomic E-state index is -0.162. The van der Waals surface area contributed by atoms with Crippen molar-refractivity contribution in [1.82, 2.24) is 0 Å². The molecule has 0 radical (unpaired) electrons. The van der Waals surface area contributed by atoms with E-state index in [4.69, 9.17) is 9.47 Å². The lowest BCUT2D eigenvalue weighted by Crippen LogP contribution is -2.21. The summed E-state index contributed by atoms with van der Waals surface area (Å²) in [6.07, 6.45) is 49.4. The van der Waals surface area contributed by atoms with Gasteiger partial charge in [-0.25, -0.2) is 0 Å². The number of unbranched alkanes of at least 4 members (excludes halogenated alkanes) is 14. The maximum absolute atomic E-state index is 12.4. The van der Waals surface area contributed by atoms with Crippen molar-refractivity contribution in [2.75, 3.05) is 6.61 Å². The fraction of sp³-hybridized carbons (Fsp3) is 0.667. The Balaban J connectivity index is 3.78. The van der Waals surface area contributed by atoms with Crippen LogP contribution in [0, 0.1) is 0 Å². The highest BCUT2D eigenvalue weighted by molar-refractivity contribution is 5.69. The van der Waals surface area contributed by atoms with E-state index in [0.29, 0.717) is 25.9 Å². The van der Waals surface area contributed by atoms with Gasteiger partial charge in [0.25, 0.3) is 0 Å². The molecule has 4 heteroatoms. The second-order valence-corrected chi connectivity index (χ2v) is 12.3. The van der Waals surface area contributed by atoms with Crippen LogP contribution >= 0.6 is 0 Å². The number of ether oxygens (including phenoxy) is 2. The lowest BCUT2D eigenvalue weighted by molar-refractivity contribution is -0.151. The summed E-state index contributed by atoms with van der Waals surface area (Å²) in [4.78, 5) is 24.5. The van der Waals surface area contributed by atoms with Crippen LogP contribution in [0.2, 0.25) is 0 Å². The van der Waals surface area contributed by atoms with Crippen LogP contribution in [0.3, 0.4) is 0 Å². The van der Waals surface area contributed by atoms with Crippen LogP contribution in [0.4, 0.5) is 0 Å². The largest absolute Gasteiger partial charge is 0.466 e. The molecule has 0 spiro atoms. The first-order chi connectivity index (χ1) is 22.6. The third-order valence-corrected chi connectivity index (χ3v) is 7.77. The summed E-state index contributed by atoms with van der Waals surface area (Å²) < 4.78 is 11.2. The number of allylic oxidation sites excluding steroid dienone is 12. The number of hydrogen-bond acceptors (Lipinski definition) is 4. The van der Waals surface area contributed by atoms with Gasteiger partial charge in [0.2, 0.25) is 0 Å². The normalized spacial score (nSPS) is 13.0. The van der Waals surface area contributed by atoms with E-state index < -0.39 is 0 Å². The number of hydrogen-bond donors (Lipinski definition) is 0. The van der Waals surface area contributed by atoms with E-state index in [-0.39, 0.29) is 18.0 Å². The zero-order valence-corrected chi connectivity index (χ0v) is 30.1. The van der Waals surface area contributed by atoms with Gasteiger partial charge in [-0.15, -0.1) is 0 Å². The molecule has 0 aliphatic carbocycles. The third-order valence-electron chi connectivity index (χ3n) is 7.77. The van der Waals surface area contributed by atoms with Crippen LogP contribution in [0.15, 0.2) is 72.9 Å². The summed E-state index contributed by atoms with van der Waals surface area (Å²) in [5.41, 5.74) is 0. The fourth-order valence-corrected chi connectivity index (χ4v) is 4.93. The topological polar surface area (TPSA) is 52.6 Å². The third kappa shape index (κ3) is 34.3. The second kappa shape index (κ2) is 36.8. The molecule has 0 aliphatic heterocycles. The molecule has 0 N–H and O–H groups in total. The lowest BCUT2D eigenvalue weighted by atomic mass is 10.1. The summed E-state index contributed by atoms with van der Waals surface area (Å²) in [7, 11) is 0. The molecule has 262 valence electrons. The average molecular weight is 639 g/mol. The molecular formula is C42H70O4. The van der Waals surface area contributed by atoms with E-state index in [9.17, 15) is 9.59 Å². The molecule has 0 rings (SSSR count). The van der Waals surface area contributed by atoms with Gasteiger partial charge in [0.15, 0.2) is 0 Å². The van der Waals surface area contributed by atoms with Crippen molar-refractivity contribution >= 4 is 11.9 Å². The monoisotopic (exact) mass is 639 g/mol. The van der Waals surface area contributed by atoms with Crippen LogP contribution in [0.25, 0.3) is 0 Å². The summed E-state index contributed by atoms with van der Waals surface area (Å²) in [6, 6.07) is 0. The van der Waals surface area contributed by atoms with E-state index >= 15 is 0 Å². The summed E-state index contributed by atoms with van der Waals surface area (Å²) in [5, 5.41) is 0. The highest BCUT2D eigenvalue weighted by Gasteiger charge is 2.14. The molecule has 0 fully saturated rings. The van der Waals surface area contributed by atoms with Crippen LogP contribution in [-0.2, 0) is 19.1 Å². The highest BCUT2D eigenvalue weighted by Crippen LogP contribution is 2.13. The summed E-state index contributed by atoms with van der Waals surface area (Å²) in [5.74, 6) is -0.257. The van der Waals surface area contributed by atoms with E-state index in [1.807, 2.05) is 0 Å². The van der Waals surface area contributed by atoms with Crippen molar-refractivity contribution in [2.45, 2.75) is 175 Å². The molecule has 0 amide bonds. The minimum Gasteiger partial charge on any atom is -0.466 e. The van der Waals surface area contributed by atoms with Crippen LogP contribution in [-0.4, -0.2) is 24.6 Å². The van der Waals surface area contributed by atoms with Crippen molar-refractivity contribution in [3.8, 4) is 0 Å². The van der Waals surface area contributed by atoms with Crippen molar-refractivity contribution < 1.29 is 19.1 Å². The Labute approximate surface area is 284 Å². The smallest absolute Gasteiger partial charge is 0.306 e. The number of rotatable bonds is 32. The molecule has 0 aromatic carbocycles. The highest BCUT2D eigenvalue weighted by atomic mass is 16.6. The molecule has 0 saturated heterocycles. The fourth-order valence-electron chi connectivity index (χ4n) is 4.93. The molecule has 1 atom stereocenters. The van der Waals surface area contributed by atoms with Crippen LogP contribution < -0.4 is 0 Å². The predicted molar refractivity (Wildman–Crippen MR) is 199 cm³/mol. The zero-order chi connectivity index (χ0) is 33.6. The summed E-state index contributed by atoms with van der Waals surface area (Å²) in [6.45, 7) is 6.84. The van der Waals surface area contributed by atoms with Crippen molar-refractivity contribution in [2.24, 2.45) is 0 Å². The Morgan fingerprint density at radius 1 is 0.457 bits per heavy atom. The SMILES string of the molecule is CCCC\C=C/C=C/C=C\CCCCCCCC(=O)OCCC(CCC)OC(=O)CCCCCCC\C=C/C=C/C=C\CCCC. The standard InChI is InChI=1S/C42H70O4/c1-4-7-9-11-13-15-17-19-21-23-25-27-29-31-33-36-41(43)45-39-38-40(35-6-3)46-42(44)37-34-32-30-28-26-24-22-20-18-16-14-12-10-8-5-2/h11-22,40H,4-10,23-39H2,1-3H3/b13-11-,14-12-,17-15+,18-16+,21-19-,22-20-. The van der Waals surface area contributed by atoms with Gasteiger partial charge >= 0.3 is 11.9 Å². The van der Waals surface area contributed by atoms with E-state index in [1.54, 1.807) is 0 Å². The molecule has 0 heterocycles.